The number of hydrogen-bond donors (Lipinski definition) is 1. The van der Waals surface area contributed by atoms with Crippen molar-refractivity contribution < 1.29 is 4.79 Å². The van der Waals surface area contributed by atoms with E-state index in [2.05, 4.69) is 0 Å². The molecule has 0 aliphatic heterocycles. The molecule has 2 rings (SSSR count). The molecule has 0 saturated carbocycles. The first kappa shape index (κ1) is 13.5. The van der Waals surface area contributed by atoms with E-state index >= 15 is 0 Å². The van der Waals surface area contributed by atoms with Gasteiger partial charge in [-0.1, -0.05) is 23.7 Å². The largest absolute Gasteiger partial charge is 0.397 e. The van der Waals surface area contributed by atoms with Gasteiger partial charge in [-0.15, -0.1) is 0 Å². The summed E-state index contributed by atoms with van der Waals surface area (Å²) >= 11 is 5.93. The number of halogens is 1. The third-order valence-corrected chi connectivity index (χ3v) is 3.14. The van der Waals surface area contributed by atoms with E-state index in [-0.39, 0.29) is 5.91 Å². The van der Waals surface area contributed by atoms with Crippen LogP contribution in [-0.2, 0) is 13.6 Å². The van der Waals surface area contributed by atoms with E-state index in [0.29, 0.717) is 22.9 Å². The van der Waals surface area contributed by atoms with E-state index < -0.39 is 0 Å². The lowest BCUT2D eigenvalue weighted by Gasteiger charge is -2.17. The quantitative estimate of drug-likeness (QED) is 0.937. The second-order valence-electron chi connectivity index (χ2n) is 4.56. The average Bonchev–Trinajstić information content (AvgIpc) is 2.67. The highest BCUT2D eigenvalue weighted by Crippen LogP contribution is 2.15. The van der Waals surface area contributed by atoms with Crippen LogP contribution in [0.3, 0.4) is 0 Å². The normalized spacial score (nSPS) is 10.5. The zero-order chi connectivity index (χ0) is 14.0. The standard InChI is InChI=1S/C14H16ClN3O/c1-17-9-12(16)7-13(17)14(19)18(2)8-10-4-3-5-11(15)6-10/h3-7,9H,8,16H2,1-2H3. The molecule has 1 aromatic heterocycles. The molecule has 0 bridgehead atoms. The van der Waals surface area contributed by atoms with Crippen LogP contribution in [-0.4, -0.2) is 22.4 Å². The molecule has 1 aromatic carbocycles. The second-order valence-corrected chi connectivity index (χ2v) is 5.00. The van der Waals surface area contributed by atoms with E-state index in [1.54, 1.807) is 35.8 Å². The SMILES string of the molecule is CN(Cc1cccc(Cl)c1)C(=O)c1cc(N)cn1C. The van der Waals surface area contributed by atoms with Crippen molar-refractivity contribution in [2.24, 2.45) is 7.05 Å². The number of aromatic nitrogens is 1. The maximum absolute atomic E-state index is 12.3. The van der Waals surface area contributed by atoms with Gasteiger partial charge in [0, 0.05) is 31.9 Å². The predicted octanol–water partition coefficient (Wildman–Crippen LogP) is 2.53. The van der Waals surface area contributed by atoms with Crippen molar-refractivity contribution in [3.05, 3.63) is 52.8 Å². The lowest BCUT2D eigenvalue weighted by Crippen LogP contribution is -2.27. The Bertz CT molecular complexity index is 606. The number of hydrogen-bond acceptors (Lipinski definition) is 2. The number of nitrogens with zero attached hydrogens (tertiary/aromatic N) is 2. The average molecular weight is 278 g/mol. The first-order chi connectivity index (χ1) is 8.97. The van der Waals surface area contributed by atoms with E-state index in [1.807, 2.05) is 24.3 Å². The highest BCUT2D eigenvalue weighted by Gasteiger charge is 2.15. The van der Waals surface area contributed by atoms with Crippen LogP contribution in [0.15, 0.2) is 36.5 Å². The Morgan fingerprint density at radius 3 is 2.74 bits per heavy atom. The van der Waals surface area contributed by atoms with Gasteiger partial charge in [-0.25, -0.2) is 0 Å². The van der Waals surface area contributed by atoms with Crippen LogP contribution in [0.5, 0.6) is 0 Å². The highest BCUT2D eigenvalue weighted by atomic mass is 35.5. The number of amides is 1. The number of aryl methyl sites for hydroxylation is 1. The molecule has 0 atom stereocenters. The summed E-state index contributed by atoms with van der Waals surface area (Å²) in [4.78, 5) is 13.9. The molecule has 0 saturated heterocycles. The van der Waals surface area contributed by atoms with Crippen molar-refractivity contribution in [1.29, 1.82) is 0 Å². The van der Waals surface area contributed by atoms with Gasteiger partial charge in [-0.05, 0) is 23.8 Å². The highest BCUT2D eigenvalue weighted by molar-refractivity contribution is 6.30. The van der Waals surface area contributed by atoms with Gasteiger partial charge in [0.05, 0.1) is 5.69 Å². The minimum Gasteiger partial charge on any atom is -0.397 e. The topological polar surface area (TPSA) is 51.3 Å². The minimum absolute atomic E-state index is 0.0702. The molecule has 0 spiro atoms. The molecule has 0 fully saturated rings. The van der Waals surface area contributed by atoms with Crippen LogP contribution in [0, 0.1) is 0 Å². The van der Waals surface area contributed by atoms with Gasteiger partial charge in [-0.3, -0.25) is 4.79 Å². The van der Waals surface area contributed by atoms with Crippen LogP contribution in [0.1, 0.15) is 16.1 Å². The smallest absolute Gasteiger partial charge is 0.270 e. The summed E-state index contributed by atoms with van der Waals surface area (Å²) in [5.74, 6) is -0.0702. The number of carbonyl (C=O) groups excluding carboxylic acids is 1. The zero-order valence-corrected chi connectivity index (χ0v) is 11.7. The summed E-state index contributed by atoms with van der Waals surface area (Å²) in [6, 6.07) is 9.15. The Morgan fingerprint density at radius 2 is 2.16 bits per heavy atom. The fourth-order valence-corrected chi connectivity index (χ4v) is 2.19. The molecule has 2 N–H and O–H groups in total. The summed E-state index contributed by atoms with van der Waals surface area (Å²) in [5, 5.41) is 0.668. The van der Waals surface area contributed by atoms with Crippen LogP contribution in [0.2, 0.25) is 5.02 Å². The molecule has 1 heterocycles. The maximum Gasteiger partial charge on any atom is 0.270 e. The maximum atomic E-state index is 12.3. The van der Waals surface area contributed by atoms with Gasteiger partial charge in [0.2, 0.25) is 0 Å². The van der Waals surface area contributed by atoms with Gasteiger partial charge in [0.1, 0.15) is 5.69 Å². The van der Waals surface area contributed by atoms with Crippen molar-refractivity contribution in [3.8, 4) is 0 Å². The molecule has 100 valence electrons. The molecule has 0 aliphatic carbocycles. The van der Waals surface area contributed by atoms with Gasteiger partial charge in [0.25, 0.3) is 5.91 Å². The lowest BCUT2D eigenvalue weighted by atomic mass is 10.2. The number of rotatable bonds is 3. The minimum atomic E-state index is -0.0702. The molecule has 19 heavy (non-hydrogen) atoms. The van der Waals surface area contributed by atoms with Crippen LogP contribution >= 0.6 is 11.6 Å². The Kier molecular flexibility index (Phi) is 3.81. The predicted molar refractivity (Wildman–Crippen MR) is 77.1 cm³/mol. The zero-order valence-electron chi connectivity index (χ0n) is 10.9. The third-order valence-electron chi connectivity index (χ3n) is 2.90. The summed E-state index contributed by atoms with van der Waals surface area (Å²) in [5.41, 5.74) is 7.83. The van der Waals surface area contributed by atoms with Crippen molar-refractivity contribution in [3.63, 3.8) is 0 Å². The number of carbonyl (C=O) groups is 1. The number of benzene rings is 1. The van der Waals surface area contributed by atoms with Crippen molar-refractivity contribution >= 4 is 23.2 Å². The molecule has 0 radical (unpaired) electrons. The van der Waals surface area contributed by atoms with Crippen molar-refractivity contribution in [1.82, 2.24) is 9.47 Å². The van der Waals surface area contributed by atoms with Crippen LogP contribution < -0.4 is 5.73 Å². The molecule has 2 aromatic rings. The molecule has 0 aliphatic rings. The number of nitrogen functional groups attached to an aromatic ring is 1. The first-order valence-corrected chi connectivity index (χ1v) is 6.27. The van der Waals surface area contributed by atoms with Crippen LogP contribution in [0.25, 0.3) is 0 Å². The van der Waals surface area contributed by atoms with E-state index in [9.17, 15) is 4.79 Å². The third kappa shape index (κ3) is 3.09. The van der Waals surface area contributed by atoms with E-state index in [1.165, 1.54) is 0 Å². The molecule has 4 nitrogen and oxygen atoms in total. The van der Waals surface area contributed by atoms with Gasteiger partial charge in [0.15, 0.2) is 0 Å². The van der Waals surface area contributed by atoms with E-state index in [0.717, 1.165) is 5.56 Å². The summed E-state index contributed by atoms with van der Waals surface area (Å²) < 4.78 is 1.73. The molecule has 0 unspecified atom stereocenters. The van der Waals surface area contributed by atoms with Gasteiger partial charge < -0.3 is 15.2 Å². The van der Waals surface area contributed by atoms with E-state index in [4.69, 9.17) is 17.3 Å². The molecule has 5 heteroatoms. The number of nitrogens with two attached hydrogens (primary N) is 1. The van der Waals surface area contributed by atoms with Gasteiger partial charge >= 0.3 is 0 Å². The summed E-state index contributed by atoms with van der Waals surface area (Å²) in [6.07, 6.45) is 1.72. The van der Waals surface area contributed by atoms with Crippen LogP contribution in [0.4, 0.5) is 5.69 Å². The molecular weight excluding hydrogens is 262 g/mol. The van der Waals surface area contributed by atoms with Gasteiger partial charge in [-0.2, -0.15) is 0 Å². The fourth-order valence-electron chi connectivity index (χ4n) is 1.98. The Labute approximate surface area is 117 Å². The first-order valence-electron chi connectivity index (χ1n) is 5.89. The lowest BCUT2D eigenvalue weighted by molar-refractivity contribution is 0.0775. The fraction of sp³-hybridized carbons (Fsp3) is 0.214. The number of anilines is 1. The van der Waals surface area contributed by atoms with Crippen molar-refractivity contribution in [2.45, 2.75) is 6.54 Å². The Balaban J connectivity index is 2.14. The Hall–Kier alpha value is -1.94. The molecular formula is C14H16ClN3O. The second kappa shape index (κ2) is 5.36. The molecule has 1 amide bonds. The summed E-state index contributed by atoms with van der Waals surface area (Å²) in [7, 11) is 3.56. The van der Waals surface area contributed by atoms with Crippen molar-refractivity contribution in [2.75, 3.05) is 12.8 Å². The summed E-state index contributed by atoms with van der Waals surface area (Å²) in [6.45, 7) is 0.504. The Morgan fingerprint density at radius 1 is 1.42 bits per heavy atom. The monoisotopic (exact) mass is 277 g/mol.